The van der Waals surface area contributed by atoms with Crippen molar-refractivity contribution < 1.29 is 23.5 Å². The van der Waals surface area contributed by atoms with Crippen molar-refractivity contribution in [2.24, 2.45) is 5.92 Å². The van der Waals surface area contributed by atoms with E-state index in [-0.39, 0.29) is 43.4 Å². The number of methoxy groups -OCH3 is 1. The van der Waals surface area contributed by atoms with Gasteiger partial charge in [-0.25, -0.2) is 19.3 Å². The number of pyridine rings is 1. The molecule has 0 radical (unpaired) electrons. The van der Waals surface area contributed by atoms with Crippen LogP contribution in [0.3, 0.4) is 0 Å². The van der Waals surface area contributed by atoms with Gasteiger partial charge in [-0.1, -0.05) is 44.2 Å². The Bertz CT molecular complexity index is 1600. The van der Waals surface area contributed by atoms with E-state index in [9.17, 15) is 9.59 Å². The highest BCUT2D eigenvalue weighted by Crippen LogP contribution is 2.30. The molecule has 0 bridgehead atoms. The van der Waals surface area contributed by atoms with E-state index in [0.717, 1.165) is 11.1 Å². The molecule has 1 fully saturated rings. The normalized spacial score (nSPS) is 16.8. The largest absolute Gasteiger partial charge is 0.495 e. The maximum Gasteiger partial charge on any atom is 0.244 e. The van der Waals surface area contributed by atoms with Crippen LogP contribution in [0.4, 0.5) is 4.39 Å². The molecule has 2 atom stereocenters. The Morgan fingerprint density at radius 1 is 1.00 bits per heavy atom. The van der Waals surface area contributed by atoms with Gasteiger partial charge in [-0.05, 0) is 36.8 Å². The second kappa shape index (κ2) is 14.3. The average molecular weight is 613 g/mol. The fourth-order valence-corrected chi connectivity index (χ4v) is 5.38. The third kappa shape index (κ3) is 7.61. The van der Waals surface area contributed by atoms with Gasteiger partial charge in [0.25, 0.3) is 0 Å². The maximum absolute atomic E-state index is 15.2. The van der Waals surface area contributed by atoms with E-state index in [2.05, 4.69) is 20.3 Å². The van der Waals surface area contributed by atoms with E-state index >= 15 is 4.39 Å². The Hall–Kier alpha value is -4.90. The van der Waals surface area contributed by atoms with Gasteiger partial charge >= 0.3 is 0 Å². The lowest BCUT2D eigenvalue weighted by atomic mass is 10.0. The number of nitrogens with one attached hydrogen (secondary N) is 1. The van der Waals surface area contributed by atoms with Crippen LogP contribution in [-0.4, -0.2) is 68.8 Å². The highest BCUT2D eigenvalue weighted by atomic mass is 19.1. The van der Waals surface area contributed by atoms with E-state index in [0.29, 0.717) is 35.3 Å². The van der Waals surface area contributed by atoms with Crippen molar-refractivity contribution in [3.8, 4) is 28.8 Å². The molecule has 0 saturated carbocycles. The molecule has 0 aliphatic carbocycles. The van der Waals surface area contributed by atoms with E-state index < -0.39 is 11.9 Å². The molecule has 234 valence electrons. The second-order valence-electron chi connectivity index (χ2n) is 11.3. The molecular weight excluding hydrogens is 575 g/mol. The molecule has 0 spiro atoms. The van der Waals surface area contributed by atoms with Crippen molar-refractivity contribution in [3.63, 3.8) is 0 Å². The van der Waals surface area contributed by atoms with Gasteiger partial charge in [0.15, 0.2) is 5.82 Å². The second-order valence-corrected chi connectivity index (χ2v) is 11.3. The van der Waals surface area contributed by atoms with E-state index in [4.69, 9.17) is 9.47 Å². The minimum Gasteiger partial charge on any atom is -0.495 e. The lowest BCUT2D eigenvalue weighted by Gasteiger charge is -2.45. The molecule has 2 aromatic heterocycles. The molecule has 5 rings (SSSR count). The molecule has 4 aromatic rings. The van der Waals surface area contributed by atoms with E-state index in [1.54, 1.807) is 54.7 Å². The third-order valence-corrected chi connectivity index (χ3v) is 7.68. The van der Waals surface area contributed by atoms with Crippen molar-refractivity contribution in [2.45, 2.75) is 45.9 Å². The zero-order chi connectivity index (χ0) is 31.9. The molecule has 1 aliphatic heterocycles. The Kier molecular flexibility index (Phi) is 9.99. The maximum atomic E-state index is 15.2. The van der Waals surface area contributed by atoms with Crippen LogP contribution in [0, 0.1) is 11.7 Å². The fraction of sp³-hybridized carbons (Fsp3) is 0.324. The summed E-state index contributed by atoms with van der Waals surface area (Å²) < 4.78 is 26.4. The Labute approximate surface area is 262 Å². The summed E-state index contributed by atoms with van der Waals surface area (Å²) in [5.74, 6) is 0.726. The highest BCUT2D eigenvalue weighted by molar-refractivity contribution is 5.89. The van der Waals surface area contributed by atoms with Crippen LogP contribution in [0.15, 0.2) is 79.3 Å². The number of halogens is 1. The van der Waals surface area contributed by atoms with Crippen LogP contribution in [0.1, 0.15) is 31.9 Å². The summed E-state index contributed by atoms with van der Waals surface area (Å²) in [4.78, 5) is 43.5. The number of amides is 2. The van der Waals surface area contributed by atoms with Crippen molar-refractivity contribution in [2.75, 3.05) is 20.2 Å². The Morgan fingerprint density at radius 2 is 1.76 bits per heavy atom. The zero-order valence-electron chi connectivity index (χ0n) is 25.8. The summed E-state index contributed by atoms with van der Waals surface area (Å²) in [7, 11) is 1.55. The number of carbonyl (C=O) groups is 2. The summed E-state index contributed by atoms with van der Waals surface area (Å²) >= 11 is 0. The number of carbonyl (C=O) groups excluding carboxylic acids is 2. The monoisotopic (exact) mass is 612 g/mol. The Balaban J connectivity index is 1.31. The molecule has 11 heteroatoms. The van der Waals surface area contributed by atoms with Crippen LogP contribution in [0.5, 0.6) is 17.4 Å². The number of nitrogens with zero attached hydrogens (tertiary/aromatic N) is 5. The van der Waals surface area contributed by atoms with Gasteiger partial charge in [-0.15, -0.1) is 0 Å². The number of rotatable bonds is 10. The molecule has 2 aromatic carbocycles. The molecule has 2 amide bonds. The first-order valence-electron chi connectivity index (χ1n) is 14.9. The molecule has 1 aliphatic rings. The molecule has 45 heavy (non-hydrogen) atoms. The predicted molar refractivity (Wildman–Crippen MR) is 167 cm³/mol. The molecule has 10 nitrogen and oxygen atoms in total. The van der Waals surface area contributed by atoms with Gasteiger partial charge in [0.1, 0.15) is 23.4 Å². The van der Waals surface area contributed by atoms with Gasteiger partial charge < -0.3 is 19.7 Å². The number of benzene rings is 2. The zero-order valence-corrected chi connectivity index (χ0v) is 25.8. The molecule has 1 N–H and O–H groups in total. The number of hydrogen-bond acceptors (Lipinski definition) is 8. The lowest BCUT2D eigenvalue weighted by Crippen LogP contribution is -2.64. The average Bonchev–Trinajstić information content (AvgIpc) is 3.05. The topological polar surface area (TPSA) is 110 Å². The highest BCUT2D eigenvalue weighted by Gasteiger charge is 2.40. The van der Waals surface area contributed by atoms with Crippen LogP contribution in [0.25, 0.3) is 11.4 Å². The van der Waals surface area contributed by atoms with Crippen LogP contribution >= 0.6 is 0 Å². The van der Waals surface area contributed by atoms with Gasteiger partial charge in [-0.2, -0.15) is 0 Å². The number of aromatic nitrogens is 3. The molecular formula is C34H37FN6O4. The minimum atomic E-state index is -0.764. The van der Waals surface area contributed by atoms with Gasteiger partial charge in [0.2, 0.25) is 17.7 Å². The van der Waals surface area contributed by atoms with E-state index in [1.807, 2.05) is 49.9 Å². The standard InChI is InChI=1S/C34H37FN6O4/c1-22(2)34(43)41-23(3)19-40(20-27-28(35)7-5-8-30(27)45-31-14-13-26(44-4)18-38-31)21-29(41)33(42)39-17-24-9-11-25(12-10-24)32-36-15-6-16-37-32/h5-16,18,22-23,29H,17,19-21H2,1-4H3,(H,39,42)/t23-,29-/m1/s1. The first-order valence-corrected chi connectivity index (χ1v) is 14.9. The van der Waals surface area contributed by atoms with Crippen molar-refractivity contribution in [1.82, 2.24) is 30.1 Å². The quantitative estimate of drug-likeness (QED) is 0.271. The lowest BCUT2D eigenvalue weighted by molar-refractivity contribution is -0.150. The summed E-state index contributed by atoms with van der Waals surface area (Å²) in [5.41, 5.74) is 2.11. The molecule has 0 unspecified atom stereocenters. The van der Waals surface area contributed by atoms with Crippen LogP contribution < -0.4 is 14.8 Å². The number of piperazine rings is 1. The first kappa shape index (κ1) is 31.5. The van der Waals surface area contributed by atoms with Crippen LogP contribution in [-0.2, 0) is 22.7 Å². The minimum absolute atomic E-state index is 0.102. The molecule has 1 saturated heterocycles. The number of ether oxygens (including phenoxy) is 2. The SMILES string of the molecule is COc1ccc(Oc2cccc(F)c2CN2C[C@@H](C)N(C(=O)C(C)C)[C@@H](C(=O)NCc3ccc(-c4ncccn4)cc3)C2)nc1. The van der Waals surface area contributed by atoms with Crippen molar-refractivity contribution >= 4 is 11.8 Å². The van der Waals surface area contributed by atoms with Gasteiger partial charge in [0, 0.05) is 67.7 Å². The van der Waals surface area contributed by atoms with Crippen LogP contribution in [0.2, 0.25) is 0 Å². The fourth-order valence-electron chi connectivity index (χ4n) is 5.38. The van der Waals surface area contributed by atoms with Crippen molar-refractivity contribution in [1.29, 1.82) is 0 Å². The first-order chi connectivity index (χ1) is 21.7. The smallest absolute Gasteiger partial charge is 0.244 e. The summed E-state index contributed by atoms with van der Waals surface area (Å²) in [6.45, 7) is 6.71. The van der Waals surface area contributed by atoms with Gasteiger partial charge in [0.05, 0.1) is 13.3 Å². The third-order valence-electron chi connectivity index (χ3n) is 7.68. The van der Waals surface area contributed by atoms with Crippen molar-refractivity contribution in [3.05, 3.63) is 96.2 Å². The summed E-state index contributed by atoms with van der Waals surface area (Å²) in [6, 6.07) is 16.4. The van der Waals surface area contributed by atoms with Gasteiger partial charge in [-0.3, -0.25) is 14.5 Å². The summed E-state index contributed by atoms with van der Waals surface area (Å²) in [5, 5.41) is 3.01. The molecule has 3 heterocycles. The predicted octanol–water partition coefficient (Wildman–Crippen LogP) is 4.85. The summed E-state index contributed by atoms with van der Waals surface area (Å²) in [6.07, 6.45) is 4.90. The Morgan fingerprint density at radius 3 is 2.42 bits per heavy atom. The number of hydrogen-bond donors (Lipinski definition) is 1. The van der Waals surface area contributed by atoms with E-state index in [1.165, 1.54) is 12.3 Å².